The second-order valence-corrected chi connectivity index (χ2v) is 9.38. The lowest BCUT2D eigenvalue weighted by atomic mass is 9.80. The van der Waals surface area contributed by atoms with Crippen LogP contribution in [0.15, 0.2) is 12.1 Å². The monoisotopic (exact) mass is 438 g/mol. The molecule has 1 aromatic rings. The summed E-state index contributed by atoms with van der Waals surface area (Å²) < 4.78 is 46.3. The molecule has 1 saturated carbocycles. The minimum atomic E-state index is -0.887. The van der Waals surface area contributed by atoms with Crippen molar-refractivity contribution in [3.05, 3.63) is 29.3 Å². The Labute approximate surface area is 186 Å². The highest BCUT2D eigenvalue weighted by molar-refractivity contribution is 5.33. The standard InChI is InChI=1S/C26H40F2O3/c1-3-5-7-19-8-10-20(11-9-19)17-30-24-15-12-21(18-31-24)22-13-14-23(26(28)25(22)27)29-16-6-4-2/h13-14,19-21,24H,3-12,15-18H2,1-2H3. The summed E-state index contributed by atoms with van der Waals surface area (Å²) in [5.41, 5.74) is 0.379. The van der Waals surface area contributed by atoms with Gasteiger partial charge >= 0.3 is 0 Å². The first-order valence-electron chi connectivity index (χ1n) is 12.5. The Bertz CT molecular complexity index is 650. The summed E-state index contributed by atoms with van der Waals surface area (Å²) in [7, 11) is 0. The highest BCUT2D eigenvalue weighted by atomic mass is 19.2. The van der Waals surface area contributed by atoms with E-state index in [1.807, 2.05) is 6.92 Å². The maximum absolute atomic E-state index is 14.6. The Morgan fingerprint density at radius 1 is 0.903 bits per heavy atom. The van der Waals surface area contributed by atoms with Crippen LogP contribution in [0, 0.1) is 23.5 Å². The van der Waals surface area contributed by atoms with Gasteiger partial charge in [-0.3, -0.25) is 0 Å². The van der Waals surface area contributed by atoms with Crippen molar-refractivity contribution in [3.8, 4) is 5.75 Å². The highest BCUT2D eigenvalue weighted by Crippen LogP contribution is 2.35. The molecule has 3 nitrogen and oxygen atoms in total. The molecule has 2 unspecified atom stereocenters. The van der Waals surface area contributed by atoms with Gasteiger partial charge in [0.1, 0.15) is 0 Å². The fourth-order valence-electron chi connectivity index (χ4n) is 4.83. The van der Waals surface area contributed by atoms with E-state index in [0.717, 1.165) is 31.8 Å². The smallest absolute Gasteiger partial charge is 0.200 e. The number of hydrogen-bond donors (Lipinski definition) is 0. The molecule has 0 amide bonds. The molecule has 0 spiro atoms. The molecule has 1 saturated heterocycles. The molecule has 0 bridgehead atoms. The van der Waals surface area contributed by atoms with Crippen LogP contribution in [0.4, 0.5) is 8.78 Å². The average Bonchev–Trinajstić information content (AvgIpc) is 2.80. The number of ether oxygens (including phenoxy) is 3. The molecule has 2 atom stereocenters. The van der Waals surface area contributed by atoms with Gasteiger partial charge in [-0.05, 0) is 55.6 Å². The summed E-state index contributed by atoms with van der Waals surface area (Å²) in [5.74, 6) is -0.305. The third-order valence-corrected chi connectivity index (χ3v) is 6.96. The van der Waals surface area contributed by atoms with Gasteiger partial charge in [-0.25, -0.2) is 4.39 Å². The van der Waals surface area contributed by atoms with Gasteiger partial charge in [-0.1, -0.05) is 58.4 Å². The molecule has 0 radical (unpaired) electrons. The molecule has 0 aromatic heterocycles. The van der Waals surface area contributed by atoms with E-state index in [1.165, 1.54) is 44.9 Å². The lowest BCUT2D eigenvalue weighted by Crippen LogP contribution is -2.30. The Kier molecular flexibility index (Phi) is 10.0. The van der Waals surface area contributed by atoms with Crippen LogP contribution >= 0.6 is 0 Å². The van der Waals surface area contributed by atoms with Crippen molar-refractivity contribution in [2.24, 2.45) is 11.8 Å². The molecule has 1 heterocycles. The number of unbranched alkanes of at least 4 members (excludes halogenated alkanes) is 2. The van der Waals surface area contributed by atoms with Crippen LogP contribution in [-0.4, -0.2) is 26.1 Å². The summed E-state index contributed by atoms with van der Waals surface area (Å²) >= 11 is 0. The van der Waals surface area contributed by atoms with Crippen LogP contribution in [0.5, 0.6) is 5.75 Å². The number of hydrogen-bond acceptors (Lipinski definition) is 3. The first-order chi connectivity index (χ1) is 15.1. The molecule has 1 aliphatic carbocycles. The largest absolute Gasteiger partial charge is 0.490 e. The van der Waals surface area contributed by atoms with Gasteiger partial charge in [0.15, 0.2) is 17.9 Å². The maximum atomic E-state index is 14.6. The minimum absolute atomic E-state index is 0.00273. The summed E-state index contributed by atoms with van der Waals surface area (Å²) in [6.45, 7) is 5.81. The summed E-state index contributed by atoms with van der Waals surface area (Å²) in [6, 6.07) is 3.19. The first kappa shape index (κ1) is 24.4. The lowest BCUT2D eigenvalue weighted by molar-refractivity contribution is -0.175. The van der Waals surface area contributed by atoms with Crippen LogP contribution in [0.2, 0.25) is 0 Å². The van der Waals surface area contributed by atoms with E-state index < -0.39 is 11.6 Å². The molecule has 5 heteroatoms. The minimum Gasteiger partial charge on any atom is -0.490 e. The maximum Gasteiger partial charge on any atom is 0.200 e. The predicted octanol–water partition coefficient (Wildman–Crippen LogP) is 7.38. The molecule has 0 N–H and O–H groups in total. The fraction of sp³-hybridized carbons (Fsp3) is 0.769. The van der Waals surface area contributed by atoms with E-state index in [1.54, 1.807) is 12.1 Å². The van der Waals surface area contributed by atoms with E-state index in [4.69, 9.17) is 14.2 Å². The Morgan fingerprint density at radius 2 is 1.65 bits per heavy atom. The highest BCUT2D eigenvalue weighted by Gasteiger charge is 2.29. The fourth-order valence-corrected chi connectivity index (χ4v) is 4.83. The van der Waals surface area contributed by atoms with Gasteiger partial charge in [-0.2, -0.15) is 4.39 Å². The SMILES string of the molecule is CCCCOc1ccc(C2CCC(OCC3CCC(CCCC)CC3)OC2)c(F)c1F. The van der Waals surface area contributed by atoms with E-state index in [-0.39, 0.29) is 18.0 Å². The van der Waals surface area contributed by atoms with E-state index in [0.29, 0.717) is 31.1 Å². The molecule has 2 aliphatic rings. The zero-order chi connectivity index (χ0) is 22.1. The molecule has 1 aliphatic heterocycles. The summed E-state index contributed by atoms with van der Waals surface area (Å²) in [4.78, 5) is 0. The van der Waals surface area contributed by atoms with Gasteiger partial charge < -0.3 is 14.2 Å². The van der Waals surface area contributed by atoms with E-state index >= 15 is 0 Å². The van der Waals surface area contributed by atoms with Crippen molar-refractivity contribution in [2.75, 3.05) is 19.8 Å². The molecular weight excluding hydrogens is 398 g/mol. The van der Waals surface area contributed by atoms with Crippen molar-refractivity contribution in [3.63, 3.8) is 0 Å². The molecule has 2 fully saturated rings. The molecule has 3 rings (SSSR count). The van der Waals surface area contributed by atoms with Gasteiger partial charge in [0.05, 0.1) is 19.8 Å². The van der Waals surface area contributed by atoms with Gasteiger partial charge in [-0.15, -0.1) is 0 Å². The van der Waals surface area contributed by atoms with Crippen molar-refractivity contribution in [2.45, 2.75) is 96.7 Å². The quantitative estimate of drug-likeness (QED) is 0.337. The van der Waals surface area contributed by atoms with Crippen molar-refractivity contribution >= 4 is 0 Å². The Morgan fingerprint density at radius 3 is 2.32 bits per heavy atom. The first-order valence-corrected chi connectivity index (χ1v) is 12.5. The molecular formula is C26H40F2O3. The second-order valence-electron chi connectivity index (χ2n) is 9.38. The van der Waals surface area contributed by atoms with Crippen LogP contribution in [0.3, 0.4) is 0 Å². The van der Waals surface area contributed by atoms with Crippen molar-refractivity contribution in [1.82, 2.24) is 0 Å². The molecule has 1 aromatic carbocycles. The zero-order valence-electron chi connectivity index (χ0n) is 19.3. The van der Waals surface area contributed by atoms with Crippen LogP contribution in [0.25, 0.3) is 0 Å². The van der Waals surface area contributed by atoms with E-state index in [2.05, 4.69) is 6.92 Å². The van der Waals surface area contributed by atoms with Crippen LogP contribution < -0.4 is 4.74 Å². The number of halogens is 2. The number of rotatable bonds is 11. The van der Waals surface area contributed by atoms with Gasteiger partial charge in [0, 0.05) is 5.92 Å². The van der Waals surface area contributed by atoms with Gasteiger partial charge in [0.25, 0.3) is 0 Å². The predicted molar refractivity (Wildman–Crippen MR) is 119 cm³/mol. The summed E-state index contributed by atoms with van der Waals surface area (Å²) in [5, 5.41) is 0. The third kappa shape index (κ3) is 7.15. The average molecular weight is 439 g/mol. The van der Waals surface area contributed by atoms with E-state index in [9.17, 15) is 8.78 Å². The topological polar surface area (TPSA) is 27.7 Å². The number of benzene rings is 1. The zero-order valence-corrected chi connectivity index (χ0v) is 19.3. The Hall–Kier alpha value is -1.20. The lowest BCUT2D eigenvalue weighted by Gasteiger charge is -2.32. The third-order valence-electron chi connectivity index (χ3n) is 6.96. The normalized spacial score (nSPS) is 26.7. The molecule has 31 heavy (non-hydrogen) atoms. The van der Waals surface area contributed by atoms with Crippen molar-refractivity contribution in [1.29, 1.82) is 0 Å². The van der Waals surface area contributed by atoms with Crippen LogP contribution in [-0.2, 0) is 9.47 Å². The summed E-state index contributed by atoms with van der Waals surface area (Å²) in [6.07, 6.45) is 12.2. The second kappa shape index (κ2) is 12.7. The van der Waals surface area contributed by atoms with Crippen molar-refractivity contribution < 1.29 is 23.0 Å². The van der Waals surface area contributed by atoms with Crippen LogP contribution in [0.1, 0.15) is 96.0 Å². The van der Waals surface area contributed by atoms with Gasteiger partial charge in [0.2, 0.25) is 5.82 Å². The molecule has 176 valence electrons. The Balaban J connectivity index is 1.40.